The molecular formula is C19H23N5O. The van der Waals surface area contributed by atoms with Crippen LogP contribution in [0.5, 0.6) is 0 Å². The van der Waals surface area contributed by atoms with E-state index in [2.05, 4.69) is 26.5 Å². The van der Waals surface area contributed by atoms with Crippen LogP contribution in [0, 0.1) is 11.3 Å². The summed E-state index contributed by atoms with van der Waals surface area (Å²) in [4.78, 5) is 16.3. The van der Waals surface area contributed by atoms with Crippen molar-refractivity contribution in [3.8, 4) is 6.07 Å². The lowest BCUT2D eigenvalue weighted by atomic mass is 10.1. The van der Waals surface area contributed by atoms with Crippen molar-refractivity contribution in [3.63, 3.8) is 0 Å². The van der Waals surface area contributed by atoms with Gasteiger partial charge in [0.1, 0.15) is 17.5 Å². The van der Waals surface area contributed by atoms with Gasteiger partial charge in [-0.1, -0.05) is 18.2 Å². The van der Waals surface area contributed by atoms with Crippen molar-refractivity contribution in [1.29, 1.82) is 5.26 Å². The topological polar surface area (TPSA) is 78.3 Å². The Morgan fingerprint density at radius 1 is 1.28 bits per heavy atom. The number of nitrogens with two attached hydrogens (primary N) is 1. The molecule has 2 aliphatic rings. The van der Waals surface area contributed by atoms with Gasteiger partial charge in [0.15, 0.2) is 0 Å². The molecule has 4 rings (SSSR count). The van der Waals surface area contributed by atoms with Crippen LogP contribution in [0.3, 0.4) is 0 Å². The van der Waals surface area contributed by atoms with Gasteiger partial charge in [-0.15, -0.1) is 0 Å². The van der Waals surface area contributed by atoms with E-state index in [9.17, 15) is 10.1 Å². The lowest BCUT2D eigenvalue weighted by molar-refractivity contribution is -0.122. The Balaban J connectivity index is 1.65. The molecule has 2 saturated heterocycles. The maximum atomic E-state index is 11.7. The van der Waals surface area contributed by atoms with Crippen LogP contribution in [0.4, 0.5) is 5.82 Å². The zero-order chi connectivity index (χ0) is 17.6. The SMILES string of the molecule is Cn1c(N2CC[C@H](N3CCC[C@H]3C(N)=O)C2)c(C#N)c2ccccc21. The number of carbonyl (C=O) groups excluding carboxylic acids is 1. The van der Waals surface area contributed by atoms with Gasteiger partial charge in [-0.3, -0.25) is 9.69 Å². The molecular weight excluding hydrogens is 314 g/mol. The summed E-state index contributed by atoms with van der Waals surface area (Å²) >= 11 is 0. The fraction of sp³-hybridized carbons (Fsp3) is 0.474. The zero-order valence-electron chi connectivity index (χ0n) is 14.5. The number of para-hydroxylation sites is 1. The minimum absolute atomic E-state index is 0.132. The lowest BCUT2D eigenvalue weighted by Gasteiger charge is -2.29. The Labute approximate surface area is 147 Å². The van der Waals surface area contributed by atoms with Gasteiger partial charge in [0, 0.05) is 31.6 Å². The van der Waals surface area contributed by atoms with E-state index < -0.39 is 0 Å². The number of hydrogen-bond acceptors (Lipinski definition) is 4. The van der Waals surface area contributed by atoms with Gasteiger partial charge in [0.25, 0.3) is 0 Å². The van der Waals surface area contributed by atoms with Crippen LogP contribution in [0.1, 0.15) is 24.8 Å². The first kappa shape index (κ1) is 16.0. The first-order valence-corrected chi connectivity index (χ1v) is 8.89. The van der Waals surface area contributed by atoms with Crippen molar-refractivity contribution in [3.05, 3.63) is 29.8 Å². The molecule has 0 saturated carbocycles. The molecule has 0 spiro atoms. The second kappa shape index (κ2) is 6.08. The molecule has 1 amide bonds. The van der Waals surface area contributed by atoms with Crippen LogP contribution in [-0.2, 0) is 11.8 Å². The van der Waals surface area contributed by atoms with E-state index in [1.54, 1.807) is 0 Å². The molecule has 2 N–H and O–H groups in total. The number of hydrogen-bond donors (Lipinski definition) is 1. The van der Waals surface area contributed by atoms with Gasteiger partial charge in [-0.2, -0.15) is 5.26 Å². The molecule has 1 aromatic heterocycles. The normalized spacial score (nSPS) is 24.1. The molecule has 6 heteroatoms. The van der Waals surface area contributed by atoms with Gasteiger partial charge in [-0.05, 0) is 31.9 Å². The summed E-state index contributed by atoms with van der Waals surface area (Å²) < 4.78 is 2.12. The number of carbonyl (C=O) groups is 1. The molecule has 0 bridgehead atoms. The number of likely N-dealkylation sites (tertiary alicyclic amines) is 1. The summed E-state index contributed by atoms with van der Waals surface area (Å²) in [6.07, 6.45) is 2.89. The molecule has 2 aromatic rings. The molecule has 0 radical (unpaired) electrons. The molecule has 6 nitrogen and oxygen atoms in total. The molecule has 2 fully saturated rings. The number of aromatic nitrogens is 1. The highest BCUT2D eigenvalue weighted by Crippen LogP contribution is 2.35. The highest BCUT2D eigenvalue weighted by Gasteiger charge is 2.38. The van der Waals surface area contributed by atoms with Gasteiger partial charge in [0.05, 0.1) is 11.6 Å². The maximum absolute atomic E-state index is 11.7. The van der Waals surface area contributed by atoms with E-state index in [0.717, 1.165) is 61.2 Å². The van der Waals surface area contributed by atoms with Crippen molar-refractivity contribution in [1.82, 2.24) is 9.47 Å². The first-order valence-electron chi connectivity index (χ1n) is 8.89. The predicted octanol–water partition coefficient (Wildman–Crippen LogP) is 1.58. The van der Waals surface area contributed by atoms with E-state index in [0.29, 0.717) is 6.04 Å². The Hall–Kier alpha value is -2.52. The quantitative estimate of drug-likeness (QED) is 0.922. The fourth-order valence-corrected chi connectivity index (χ4v) is 4.60. The highest BCUT2D eigenvalue weighted by molar-refractivity contribution is 5.93. The first-order chi connectivity index (χ1) is 12.1. The summed E-state index contributed by atoms with van der Waals surface area (Å²) in [5, 5.41) is 10.7. The standard InChI is InChI=1S/C19H23N5O/c1-22-16-6-3-2-5-14(16)15(11-20)19(22)23-10-8-13(12-23)24-9-4-7-17(24)18(21)25/h2-3,5-6,13,17H,4,7-10,12H2,1H3,(H2,21,25)/t13-,17-/m0/s1. The van der Waals surface area contributed by atoms with Crippen molar-refractivity contribution in [2.24, 2.45) is 12.8 Å². The second-order valence-corrected chi connectivity index (χ2v) is 7.07. The Kier molecular flexibility index (Phi) is 3.89. The minimum Gasteiger partial charge on any atom is -0.368 e. The summed E-state index contributed by atoms with van der Waals surface area (Å²) in [7, 11) is 2.02. The van der Waals surface area contributed by atoms with Crippen molar-refractivity contribution in [2.45, 2.75) is 31.3 Å². The van der Waals surface area contributed by atoms with Crippen molar-refractivity contribution >= 4 is 22.6 Å². The number of nitrogens with zero attached hydrogens (tertiary/aromatic N) is 4. The number of amides is 1. The fourth-order valence-electron chi connectivity index (χ4n) is 4.60. The molecule has 3 heterocycles. The number of fused-ring (bicyclic) bond motifs is 1. The summed E-state index contributed by atoms with van der Waals surface area (Å²) in [5.41, 5.74) is 7.40. The van der Waals surface area contributed by atoms with Gasteiger partial charge in [-0.25, -0.2) is 0 Å². The van der Waals surface area contributed by atoms with E-state index in [-0.39, 0.29) is 11.9 Å². The number of anilines is 1. The summed E-state index contributed by atoms with van der Waals surface area (Å²) in [6, 6.07) is 10.6. The van der Waals surface area contributed by atoms with Crippen molar-refractivity contribution < 1.29 is 4.79 Å². The molecule has 1 aromatic carbocycles. The molecule has 25 heavy (non-hydrogen) atoms. The molecule has 0 unspecified atom stereocenters. The Morgan fingerprint density at radius 2 is 2.08 bits per heavy atom. The summed E-state index contributed by atoms with van der Waals surface area (Å²) in [6.45, 7) is 2.67. The second-order valence-electron chi connectivity index (χ2n) is 7.07. The zero-order valence-corrected chi connectivity index (χ0v) is 14.5. The van der Waals surface area contributed by atoms with E-state index in [1.165, 1.54) is 0 Å². The Morgan fingerprint density at radius 3 is 2.84 bits per heavy atom. The predicted molar refractivity (Wildman–Crippen MR) is 97.2 cm³/mol. The van der Waals surface area contributed by atoms with E-state index >= 15 is 0 Å². The number of primary amides is 1. The molecule has 2 aliphatic heterocycles. The van der Waals surface area contributed by atoms with Gasteiger partial charge < -0.3 is 15.2 Å². The molecule has 130 valence electrons. The Bertz CT molecular complexity index is 865. The molecule has 2 atom stereocenters. The van der Waals surface area contributed by atoms with E-state index in [1.807, 2.05) is 25.2 Å². The van der Waals surface area contributed by atoms with Gasteiger partial charge in [0.2, 0.25) is 5.91 Å². The molecule has 0 aliphatic carbocycles. The van der Waals surface area contributed by atoms with Crippen LogP contribution in [-0.4, -0.2) is 47.1 Å². The minimum atomic E-state index is -0.210. The van der Waals surface area contributed by atoms with Crippen LogP contribution >= 0.6 is 0 Å². The van der Waals surface area contributed by atoms with Crippen LogP contribution in [0.25, 0.3) is 10.9 Å². The summed E-state index contributed by atoms with van der Waals surface area (Å²) in [5.74, 6) is 0.777. The third kappa shape index (κ3) is 2.47. The van der Waals surface area contributed by atoms with Gasteiger partial charge >= 0.3 is 0 Å². The van der Waals surface area contributed by atoms with E-state index in [4.69, 9.17) is 5.73 Å². The van der Waals surface area contributed by atoms with Crippen LogP contribution in [0.15, 0.2) is 24.3 Å². The largest absolute Gasteiger partial charge is 0.368 e. The average Bonchev–Trinajstić information content (AvgIpc) is 3.31. The average molecular weight is 337 g/mol. The van der Waals surface area contributed by atoms with Crippen LogP contribution in [0.2, 0.25) is 0 Å². The third-order valence-electron chi connectivity index (χ3n) is 5.74. The number of nitriles is 1. The monoisotopic (exact) mass is 337 g/mol. The number of benzene rings is 1. The van der Waals surface area contributed by atoms with Crippen LogP contribution < -0.4 is 10.6 Å². The third-order valence-corrected chi connectivity index (χ3v) is 5.74. The number of rotatable bonds is 3. The highest BCUT2D eigenvalue weighted by atomic mass is 16.1. The number of aryl methyl sites for hydroxylation is 1. The lowest BCUT2D eigenvalue weighted by Crippen LogP contribution is -2.47. The smallest absolute Gasteiger partial charge is 0.234 e. The maximum Gasteiger partial charge on any atom is 0.234 e. The van der Waals surface area contributed by atoms with Crippen molar-refractivity contribution in [2.75, 3.05) is 24.5 Å².